The fraction of sp³-hybridized carbons (Fsp3) is 0.395. The maximum atomic E-state index is 15.2. The molecule has 1 fully saturated rings. The zero-order chi connectivity index (χ0) is 43.6. The molecule has 4 aromatic rings. The number of amides is 5. The fourth-order valence-electron chi connectivity index (χ4n) is 7.96. The fourth-order valence-corrected chi connectivity index (χ4v) is 7.96. The van der Waals surface area contributed by atoms with Crippen LogP contribution in [0.1, 0.15) is 55.0 Å². The van der Waals surface area contributed by atoms with Crippen LogP contribution in [0, 0.1) is 0 Å². The molecule has 320 valence electrons. The number of nitrogens with zero attached hydrogens (tertiary/aromatic N) is 2. The first kappa shape index (κ1) is 44.9. The second kappa shape index (κ2) is 19.7. The number of carboxylic acids is 1. The van der Waals surface area contributed by atoms with Crippen LogP contribution in [0.15, 0.2) is 84.9 Å². The number of hydrogen-bond donors (Lipinski definition) is 6. The number of halogens is 3. The number of likely N-dealkylation sites (tertiary alicyclic amines) is 1. The molecule has 1 aromatic heterocycles. The van der Waals surface area contributed by atoms with Crippen LogP contribution < -0.4 is 21.7 Å². The maximum Gasteiger partial charge on any atom is 0.490 e. The van der Waals surface area contributed by atoms with Gasteiger partial charge in [-0.25, -0.2) is 4.79 Å². The Labute approximate surface area is 345 Å². The quantitative estimate of drug-likeness (QED) is 0.104. The lowest BCUT2D eigenvalue weighted by Crippen LogP contribution is -2.65. The van der Waals surface area contributed by atoms with E-state index in [2.05, 4.69) is 20.9 Å². The zero-order valence-corrected chi connectivity index (χ0v) is 33.4. The van der Waals surface area contributed by atoms with E-state index < -0.39 is 47.6 Å². The molecule has 0 bridgehead atoms. The molecule has 0 saturated carbocycles. The van der Waals surface area contributed by atoms with E-state index in [-0.39, 0.29) is 43.5 Å². The number of unbranched alkanes of at least 4 members (excludes halogenated alkanes) is 1. The number of fused-ring (bicyclic) bond motifs is 3. The van der Waals surface area contributed by atoms with Crippen LogP contribution in [0.5, 0.6) is 0 Å². The zero-order valence-electron chi connectivity index (χ0n) is 33.4. The van der Waals surface area contributed by atoms with Crippen molar-refractivity contribution in [1.29, 1.82) is 0 Å². The van der Waals surface area contributed by atoms with Gasteiger partial charge >= 0.3 is 12.1 Å². The first-order valence-electron chi connectivity index (χ1n) is 19.7. The van der Waals surface area contributed by atoms with E-state index in [1.807, 2.05) is 84.9 Å². The highest BCUT2D eigenvalue weighted by molar-refractivity contribution is 6.00. The second-order valence-corrected chi connectivity index (χ2v) is 14.9. The van der Waals surface area contributed by atoms with Gasteiger partial charge in [-0.05, 0) is 55.0 Å². The van der Waals surface area contributed by atoms with Crippen LogP contribution in [0.4, 0.5) is 13.2 Å². The summed E-state index contributed by atoms with van der Waals surface area (Å²) in [6, 6.07) is 23.9. The minimum Gasteiger partial charge on any atom is -0.475 e. The van der Waals surface area contributed by atoms with Gasteiger partial charge in [0, 0.05) is 56.4 Å². The number of nitrogens with two attached hydrogens (primary N) is 1. The monoisotopic (exact) mass is 833 g/mol. The van der Waals surface area contributed by atoms with Gasteiger partial charge in [-0.1, -0.05) is 78.9 Å². The molecule has 1 spiro atoms. The van der Waals surface area contributed by atoms with Gasteiger partial charge in [0.1, 0.15) is 23.7 Å². The molecular weight excluding hydrogens is 784 g/mol. The third-order valence-corrected chi connectivity index (χ3v) is 10.9. The van der Waals surface area contributed by atoms with Crippen molar-refractivity contribution in [3.63, 3.8) is 0 Å². The van der Waals surface area contributed by atoms with Gasteiger partial charge in [-0.15, -0.1) is 0 Å². The molecular formula is C43H50F3N7O7. The van der Waals surface area contributed by atoms with E-state index in [9.17, 15) is 32.3 Å². The van der Waals surface area contributed by atoms with E-state index in [0.717, 1.165) is 33.3 Å². The Hall–Kier alpha value is -6.23. The van der Waals surface area contributed by atoms with Crippen LogP contribution in [-0.2, 0) is 54.6 Å². The van der Waals surface area contributed by atoms with E-state index in [0.29, 0.717) is 38.8 Å². The number of aromatic nitrogens is 1. The summed E-state index contributed by atoms with van der Waals surface area (Å²) in [5, 5.41) is 16.6. The number of para-hydroxylation sites is 1. The smallest absolute Gasteiger partial charge is 0.475 e. The summed E-state index contributed by atoms with van der Waals surface area (Å²) in [6.45, 7) is 2.23. The van der Waals surface area contributed by atoms with Crippen molar-refractivity contribution >= 4 is 46.4 Å². The Morgan fingerprint density at radius 1 is 0.867 bits per heavy atom. The number of likely N-dealkylation sites (N-methyl/N-ethyl adjacent to an activating group) is 1. The molecule has 2 aliphatic heterocycles. The number of aromatic amines is 1. The Bertz CT molecular complexity index is 2170. The third kappa shape index (κ3) is 10.5. The van der Waals surface area contributed by atoms with Crippen molar-refractivity contribution in [1.82, 2.24) is 30.7 Å². The van der Waals surface area contributed by atoms with E-state index in [1.54, 1.807) is 16.8 Å². The van der Waals surface area contributed by atoms with Gasteiger partial charge in [0.05, 0.1) is 6.54 Å². The lowest BCUT2D eigenvalue weighted by Gasteiger charge is -2.45. The third-order valence-electron chi connectivity index (χ3n) is 10.9. The van der Waals surface area contributed by atoms with Gasteiger partial charge in [-0.3, -0.25) is 24.0 Å². The SMILES string of the molecule is CNC(=O)[C@H](CCCCN)N1CC[C@@]2(Cc3c([nH]c4ccccc34)CN2C(=O)[C@H](Cc2ccccc2)NC(=O)[C@H](Cc2ccccc2)NC(C)=O)C1=O.O=C(O)C(F)(F)F. The highest BCUT2D eigenvalue weighted by Gasteiger charge is 2.57. The number of aliphatic carboxylic acids is 1. The Morgan fingerprint density at radius 3 is 2.02 bits per heavy atom. The van der Waals surface area contributed by atoms with Crippen molar-refractivity contribution in [2.24, 2.45) is 5.73 Å². The van der Waals surface area contributed by atoms with E-state index >= 15 is 4.79 Å². The molecule has 2 aliphatic rings. The molecule has 17 heteroatoms. The summed E-state index contributed by atoms with van der Waals surface area (Å²) in [5.74, 6) is -4.59. The first-order chi connectivity index (χ1) is 28.6. The van der Waals surface area contributed by atoms with Crippen molar-refractivity contribution in [2.75, 3.05) is 20.1 Å². The lowest BCUT2D eigenvalue weighted by atomic mass is 9.81. The van der Waals surface area contributed by atoms with Crippen molar-refractivity contribution in [3.05, 3.63) is 107 Å². The van der Waals surface area contributed by atoms with Gasteiger partial charge < -0.3 is 41.6 Å². The summed E-state index contributed by atoms with van der Waals surface area (Å²) in [4.78, 5) is 85.5. The standard InChI is InChI=1S/C41H49N7O5.C2HF3O2/c1-27(49)44-33(23-28-13-5-3-6-14-28)37(50)46-34(24-29-15-7-4-8-16-29)39(52)48-26-35-31(30-17-9-10-18-32(30)45-35)25-41(48)20-22-47(40(41)53)36(38(51)43-2)19-11-12-21-42;3-2(4,5)1(6)7/h3-10,13-18,33-34,36,45H,11-12,19-26,42H2,1-2H3,(H,43,51)(H,44,49)(H,46,50);(H,6,7)/t33-,34-,36-,41+;/m0./s1. The van der Waals surface area contributed by atoms with Crippen LogP contribution in [0.2, 0.25) is 0 Å². The highest BCUT2D eigenvalue weighted by atomic mass is 19.4. The summed E-state index contributed by atoms with van der Waals surface area (Å²) in [7, 11) is 1.56. The number of alkyl halides is 3. The van der Waals surface area contributed by atoms with Crippen molar-refractivity contribution < 1.29 is 47.0 Å². The van der Waals surface area contributed by atoms with Gasteiger partial charge in [0.15, 0.2) is 0 Å². The Balaban J connectivity index is 0.000000896. The Kier molecular flexibility index (Phi) is 14.7. The molecule has 0 unspecified atom stereocenters. The predicted octanol–water partition coefficient (Wildman–Crippen LogP) is 3.38. The van der Waals surface area contributed by atoms with E-state index in [1.165, 1.54) is 6.92 Å². The maximum absolute atomic E-state index is 15.2. The van der Waals surface area contributed by atoms with Crippen molar-refractivity contribution in [2.45, 2.75) is 88.3 Å². The molecule has 14 nitrogen and oxygen atoms in total. The normalized spacial score (nSPS) is 17.5. The average Bonchev–Trinajstić information content (AvgIpc) is 3.74. The molecule has 5 amide bonds. The molecule has 0 radical (unpaired) electrons. The molecule has 60 heavy (non-hydrogen) atoms. The molecule has 6 rings (SSSR count). The number of hydrogen-bond acceptors (Lipinski definition) is 7. The average molecular weight is 834 g/mol. The first-order valence-corrected chi connectivity index (χ1v) is 19.7. The molecule has 1 saturated heterocycles. The topological polar surface area (TPSA) is 207 Å². The minimum atomic E-state index is -5.08. The van der Waals surface area contributed by atoms with Gasteiger partial charge in [0.25, 0.3) is 0 Å². The summed E-state index contributed by atoms with van der Waals surface area (Å²) in [6.07, 6.45) is -2.29. The summed E-state index contributed by atoms with van der Waals surface area (Å²) < 4.78 is 31.7. The number of nitrogens with one attached hydrogen (secondary N) is 4. The number of H-pyrrole nitrogens is 1. The molecule has 4 atom stereocenters. The summed E-state index contributed by atoms with van der Waals surface area (Å²) in [5.41, 5.74) is 8.84. The lowest BCUT2D eigenvalue weighted by molar-refractivity contribution is -0.192. The van der Waals surface area contributed by atoms with E-state index in [4.69, 9.17) is 15.6 Å². The minimum absolute atomic E-state index is 0.112. The molecule has 7 N–H and O–H groups in total. The van der Waals surface area contributed by atoms with Gasteiger partial charge in [0.2, 0.25) is 29.5 Å². The molecule has 3 aromatic carbocycles. The highest BCUT2D eigenvalue weighted by Crippen LogP contribution is 2.43. The largest absolute Gasteiger partial charge is 0.490 e. The number of carboxylic acid groups (broad SMARTS) is 1. The van der Waals surface area contributed by atoms with Crippen LogP contribution >= 0.6 is 0 Å². The second-order valence-electron chi connectivity index (χ2n) is 14.9. The number of rotatable bonds is 14. The number of carbonyl (C=O) groups is 6. The predicted molar refractivity (Wildman–Crippen MR) is 216 cm³/mol. The van der Waals surface area contributed by atoms with Crippen molar-refractivity contribution in [3.8, 4) is 0 Å². The van der Waals surface area contributed by atoms with Crippen LogP contribution in [0.25, 0.3) is 10.9 Å². The van der Waals surface area contributed by atoms with Gasteiger partial charge in [-0.2, -0.15) is 13.2 Å². The number of carbonyl (C=O) groups excluding carboxylic acids is 5. The summed E-state index contributed by atoms with van der Waals surface area (Å²) >= 11 is 0. The molecule has 0 aliphatic carbocycles. The number of benzene rings is 3. The Morgan fingerprint density at radius 2 is 1.45 bits per heavy atom. The molecule has 3 heterocycles. The van der Waals surface area contributed by atoms with Crippen LogP contribution in [0.3, 0.4) is 0 Å². The van der Waals surface area contributed by atoms with Crippen LogP contribution in [-0.4, -0.2) is 105 Å².